The van der Waals surface area contributed by atoms with Crippen molar-refractivity contribution in [3.05, 3.63) is 39.9 Å². The van der Waals surface area contributed by atoms with Gasteiger partial charge < -0.3 is 10.1 Å². The van der Waals surface area contributed by atoms with Crippen molar-refractivity contribution in [2.45, 2.75) is 32.2 Å². The molecule has 2 rings (SSSR count). The van der Waals surface area contributed by atoms with E-state index in [2.05, 4.69) is 12.2 Å². The number of rotatable bonds is 6. The van der Waals surface area contributed by atoms with Gasteiger partial charge in [0, 0.05) is 30.9 Å². The molecule has 0 saturated carbocycles. The van der Waals surface area contributed by atoms with Crippen LogP contribution in [0, 0.1) is 16.0 Å². The van der Waals surface area contributed by atoms with Crippen LogP contribution in [0.4, 0.5) is 5.69 Å². The molecule has 0 amide bonds. The number of nitro benzene ring substituents is 1. The van der Waals surface area contributed by atoms with Crippen molar-refractivity contribution >= 4 is 5.69 Å². The molecule has 20 heavy (non-hydrogen) atoms. The third-order valence-electron chi connectivity index (χ3n) is 4.02. The number of nitro groups is 1. The van der Waals surface area contributed by atoms with Gasteiger partial charge >= 0.3 is 0 Å². The number of nitrogens with zero attached hydrogens (tertiary/aromatic N) is 1. The lowest BCUT2D eigenvalue weighted by Crippen LogP contribution is -2.37. The monoisotopic (exact) mass is 278 g/mol. The molecule has 1 saturated heterocycles. The van der Waals surface area contributed by atoms with Crippen molar-refractivity contribution in [1.29, 1.82) is 0 Å². The Morgan fingerprint density at radius 2 is 2.10 bits per heavy atom. The maximum Gasteiger partial charge on any atom is 0.272 e. The van der Waals surface area contributed by atoms with Gasteiger partial charge in [-0.3, -0.25) is 10.1 Å². The van der Waals surface area contributed by atoms with E-state index in [0.717, 1.165) is 38.2 Å². The van der Waals surface area contributed by atoms with Crippen LogP contribution in [-0.2, 0) is 11.2 Å². The molecule has 1 atom stereocenters. The summed E-state index contributed by atoms with van der Waals surface area (Å²) in [6.45, 7) is 4.65. The highest BCUT2D eigenvalue weighted by Gasteiger charge is 2.20. The second kappa shape index (κ2) is 7.36. The summed E-state index contributed by atoms with van der Waals surface area (Å²) in [6, 6.07) is 7.39. The quantitative estimate of drug-likeness (QED) is 0.641. The Balaban J connectivity index is 1.82. The molecule has 0 radical (unpaired) electrons. The Hall–Kier alpha value is -1.46. The second-order valence-electron chi connectivity index (χ2n) is 5.33. The van der Waals surface area contributed by atoms with Gasteiger partial charge in [0.15, 0.2) is 0 Å². The highest BCUT2D eigenvalue weighted by molar-refractivity contribution is 5.39. The van der Waals surface area contributed by atoms with Crippen molar-refractivity contribution in [3.8, 4) is 0 Å². The molecule has 1 N–H and O–H groups in total. The van der Waals surface area contributed by atoms with Gasteiger partial charge in [-0.1, -0.05) is 18.2 Å². The van der Waals surface area contributed by atoms with Crippen LogP contribution in [0.25, 0.3) is 0 Å². The molecule has 1 aliphatic heterocycles. The fourth-order valence-corrected chi connectivity index (χ4v) is 2.72. The number of benzene rings is 1. The third-order valence-corrected chi connectivity index (χ3v) is 4.02. The lowest BCUT2D eigenvalue weighted by molar-refractivity contribution is -0.385. The average molecular weight is 278 g/mol. The number of hydrogen-bond donors (Lipinski definition) is 1. The van der Waals surface area contributed by atoms with Gasteiger partial charge in [-0.05, 0) is 38.6 Å². The predicted octanol–water partition coefficient (Wildman–Crippen LogP) is 2.54. The van der Waals surface area contributed by atoms with Gasteiger partial charge in [0.2, 0.25) is 0 Å². The summed E-state index contributed by atoms with van der Waals surface area (Å²) in [5, 5.41) is 14.4. The van der Waals surface area contributed by atoms with E-state index in [-0.39, 0.29) is 10.6 Å². The van der Waals surface area contributed by atoms with E-state index in [9.17, 15) is 10.1 Å². The topological polar surface area (TPSA) is 64.4 Å². The number of nitrogens with one attached hydrogen (secondary N) is 1. The first-order valence-corrected chi connectivity index (χ1v) is 7.22. The van der Waals surface area contributed by atoms with Gasteiger partial charge in [0.1, 0.15) is 0 Å². The minimum atomic E-state index is -0.308. The lowest BCUT2D eigenvalue weighted by Gasteiger charge is -2.28. The number of ether oxygens (including phenoxy) is 1. The van der Waals surface area contributed by atoms with E-state index >= 15 is 0 Å². The Morgan fingerprint density at radius 1 is 1.40 bits per heavy atom. The van der Waals surface area contributed by atoms with Crippen molar-refractivity contribution in [1.82, 2.24) is 5.32 Å². The van der Waals surface area contributed by atoms with Crippen LogP contribution >= 0.6 is 0 Å². The molecular weight excluding hydrogens is 256 g/mol. The first kappa shape index (κ1) is 14.9. The third kappa shape index (κ3) is 4.02. The molecule has 1 heterocycles. The summed E-state index contributed by atoms with van der Waals surface area (Å²) in [7, 11) is 0. The molecule has 0 aliphatic carbocycles. The van der Waals surface area contributed by atoms with Crippen LogP contribution < -0.4 is 5.32 Å². The van der Waals surface area contributed by atoms with E-state index in [1.54, 1.807) is 12.1 Å². The summed E-state index contributed by atoms with van der Waals surface area (Å²) in [5.74, 6) is 0.648. The Morgan fingerprint density at radius 3 is 2.80 bits per heavy atom. The molecule has 5 nitrogen and oxygen atoms in total. The maximum atomic E-state index is 10.9. The van der Waals surface area contributed by atoms with Crippen molar-refractivity contribution in [2.75, 3.05) is 19.8 Å². The fourth-order valence-electron chi connectivity index (χ4n) is 2.72. The van der Waals surface area contributed by atoms with Gasteiger partial charge in [-0.15, -0.1) is 0 Å². The van der Waals surface area contributed by atoms with Gasteiger partial charge in [0.25, 0.3) is 5.69 Å². The second-order valence-corrected chi connectivity index (χ2v) is 5.33. The van der Waals surface area contributed by atoms with Crippen LogP contribution in [0.5, 0.6) is 0 Å². The molecule has 110 valence electrons. The molecule has 0 aromatic heterocycles. The van der Waals surface area contributed by atoms with Crippen LogP contribution in [0.3, 0.4) is 0 Å². The summed E-state index contributed by atoms with van der Waals surface area (Å²) >= 11 is 0. The molecular formula is C15H22N2O3. The molecule has 1 fully saturated rings. The largest absolute Gasteiger partial charge is 0.381 e. The zero-order valence-corrected chi connectivity index (χ0v) is 11.9. The van der Waals surface area contributed by atoms with Crippen molar-refractivity contribution in [3.63, 3.8) is 0 Å². The zero-order valence-electron chi connectivity index (χ0n) is 11.9. The fraction of sp³-hybridized carbons (Fsp3) is 0.600. The first-order valence-electron chi connectivity index (χ1n) is 7.22. The first-order chi connectivity index (χ1) is 9.68. The van der Waals surface area contributed by atoms with E-state index in [1.807, 2.05) is 12.1 Å². The average Bonchev–Trinajstić information content (AvgIpc) is 2.48. The maximum absolute atomic E-state index is 10.9. The molecule has 1 aromatic rings. The van der Waals surface area contributed by atoms with Crippen LogP contribution in [0.2, 0.25) is 0 Å². The molecule has 0 bridgehead atoms. The Bertz CT molecular complexity index is 444. The molecule has 0 spiro atoms. The van der Waals surface area contributed by atoms with Crippen LogP contribution in [0.15, 0.2) is 24.3 Å². The summed E-state index contributed by atoms with van der Waals surface area (Å²) in [6.07, 6.45) is 2.88. The van der Waals surface area contributed by atoms with Gasteiger partial charge in [-0.2, -0.15) is 0 Å². The zero-order chi connectivity index (χ0) is 14.4. The lowest BCUT2D eigenvalue weighted by atomic mass is 9.93. The number of hydrogen-bond acceptors (Lipinski definition) is 4. The van der Waals surface area contributed by atoms with Crippen LogP contribution in [-0.4, -0.2) is 30.7 Å². The normalized spacial score (nSPS) is 17.9. The Kier molecular flexibility index (Phi) is 5.49. The van der Waals surface area contributed by atoms with Gasteiger partial charge in [0.05, 0.1) is 4.92 Å². The minimum Gasteiger partial charge on any atom is -0.381 e. The van der Waals surface area contributed by atoms with E-state index in [0.29, 0.717) is 18.4 Å². The molecule has 1 aromatic carbocycles. The molecule has 1 aliphatic rings. The summed E-state index contributed by atoms with van der Waals surface area (Å²) in [5.41, 5.74) is 1.01. The molecule has 5 heteroatoms. The van der Waals surface area contributed by atoms with Gasteiger partial charge in [-0.25, -0.2) is 0 Å². The SMILES string of the molecule is CC(NCCc1ccccc1[N+](=O)[O-])C1CCOCC1. The highest BCUT2D eigenvalue weighted by Crippen LogP contribution is 2.20. The highest BCUT2D eigenvalue weighted by atomic mass is 16.6. The summed E-state index contributed by atoms with van der Waals surface area (Å²) < 4.78 is 5.36. The minimum absolute atomic E-state index is 0.216. The standard InChI is InChI=1S/C15H22N2O3/c1-12(13-7-10-20-11-8-13)16-9-6-14-4-2-3-5-15(14)17(18)19/h2-5,12-13,16H,6-11H2,1H3. The van der Waals surface area contributed by atoms with E-state index < -0.39 is 0 Å². The summed E-state index contributed by atoms with van der Waals surface area (Å²) in [4.78, 5) is 10.6. The van der Waals surface area contributed by atoms with Crippen molar-refractivity contribution < 1.29 is 9.66 Å². The van der Waals surface area contributed by atoms with Crippen LogP contribution in [0.1, 0.15) is 25.3 Å². The predicted molar refractivity (Wildman–Crippen MR) is 77.8 cm³/mol. The van der Waals surface area contributed by atoms with E-state index in [1.165, 1.54) is 0 Å². The van der Waals surface area contributed by atoms with E-state index in [4.69, 9.17) is 4.74 Å². The molecule has 1 unspecified atom stereocenters. The number of para-hydroxylation sites is 1. The smallest absolute Gasteiger partial charge is 0.272 e. The van der Waals surface area contributed by atoms with Crippen molar-refractivity contribution in [2.24, 2.45) is 5.92 Å². The Labute approximate surface area is 119 Å².